The summed E-state index contributed by atoms with van der Waals surface area (Å²) in [6.07, 6.45) is 8.96. The van der Waals surface area contributed by atoms with E-state index >= 15 is 0 Å². The van der Waals surface area contributed by atoms with Gasteiger partial charge in [0.1, 0.15) is 0 Å². The summed E-state index contributed by atoms with van der Waals surface area (Å²) in [6, 6.07) is 4.40. The molecule has 1 atom stereocenters. The van der Waals surface area contributed by atoms with Crippen molar-refractivity contribution in [2.45, 2.75) is 57.9 Å². The number of hydrogen-bond acceptors (Lipinski definition) is 2. The molecule has 22 heavy (non-hydrogen) atoms. The van der Waals surface area contributed by atoms with E-state index in [1.54, 1.807) is 11.3 Å². The van der Waals surface area contributed by atoms with Gasteiger partial charge in [-0.05, 0) is 96.7 Å². The Bertz CT molecular complexity index is 546. The summed E-state index contributed by atoms with van der Waals surface area (Å²) in [6.45, 7) is 2.26. The molecular weight excluding hydrogens is 358 g/mol. The van der Waals surface area contributed by atoms with Crippen LogP contribution in [0.3, 0.4) is 0 Å². The number of hydrogen-bond donors (Lipinski definition) is 1. The second-order valence-electron chi connectivity index (χ2n) is 7.95. The lowest BCUT2D eigenvalue weighted by Crippen LogP contribution is -2.56. The molecule has 5 rings (SSSR count). The van der Waals surface area contributed by atoms with Crippen molar-refractivity contribution in [2.24, 2.45) is 23.2 Å². The Kier molecular flexibility index (Phi) is 3.88. The molecule has 1 unspecified atom stereocenters. The first-order valence-corrected chi connectivity index (χ1v) is 10.2. The zero-order valence-corrected chi connectivity index (χ0v) is 15.5. The van der Waals surface area contributed by atoms with Crippen molar-refractivity contribution in [3.63, 3.8) is 0 Å². The molecule has 0 radical (unpaired) electrons. The number of nitrogens with one attached hydrogen (secondary N) is 1. The average molecular weight is 382 g/mol. The van der Waals surface area contributed by atoms with E-state index in [9.17, 15) is 4.79 Å². The molecule has 1 amide bonds. The van der Waals surface area contributed by atoms with E-state index in [1.807, 2.05) is 12.1 Å². The van der Waals surface area contributed by atoms with E-state index in [2.05, 4.69) is 28.2 Å². The fraction of sp³-hybridized carbons (Fsp3) is 0.722. The van der Waals surface area contributed by atoms with Gasteiger partial charge in [0, 0.05) is 10.9 Å². The third-order valence-corrected chi connectivity index (χ3v) is 7.97. The van der Waals surface area contributed by atoms with Crippen molar-refractivity contribution >= 4 is 33.2 Å². The highest BCUT2D eigenvalue weighted by atomic mass is 79.9. The van der Waals surface area contributed by atoms with Crippen LogP contribution in [0.1, 0.15) is 50.3 Å². The number of amides is 1. The fourth-order valence-electron chi connectivity index (χ4n) is 5.76. The number of carbonyl (C=O) groups excluding carboxylic acids is 1. The third kappa shape index (κ3) is 2.77. The lowest BCUT2D eigenvalue weighted by Gasteiger charge is -2.59. The van der Waals surface area contributed by atoms with Gasteiger partial charge in [0.15, 0.2) is 0 Å². The number of rotatable bonds is 4. The molecule has 1 N–H and O–H groups in total. The van der Waals surface area contributed by atoms with Crippen molar-refractivity contribution in [2.75, 3.05) is 0 Å². The Morgan fingerprint density at radius 3 is 2.36 bits per heavy atom. The third-order valence-electron chi connectivity index (χ3n) is 6.35. The van der Waals surface area contributed by atoms with Crippen LogP contribution in [0.4, 0.5) is 0 Å². The van der Waals surface area contributed by atoms with Crippen molar-refractivity contribution in [3.8, 4) is 0 Å². The molecule has 0 aliphatic heterocycles. The zero-order chi connectivity index (χ0) is 15.3. The monoisotopic (exact) mass is 381 g/mol. The van der Waals surface area contributed by atoms with Crippen molar-refractivity contribution in [1.29, 1.82) is 0 Å². The summed E-state index contributed by atoms with van der Waals surface area (Å²) in [5.74, 6) is 3.02. The van der Waals surface area contributed by atoms with E-state index in [1.165, 1.54) is 38.5 Å². The van der Waals surface area contributed by atoms with Crippen LogP contribution in [-0.2, 0) is 11.2 Å². The molecule has 0 aromatic carbocycles. The van der Waals surface area contributed by atoms with Gasteiger partial charge in [0.2, 0.25) is 5.91 Å². The van der Waals surface area contributed by atoms with E-state index in [0.29, 0.717) is 17.9 Å². The molecule has 4 saturated carbocycles. The van der Waals surface area contributed by atoms with Crippen LogP contribution < -0.4 is 5.32 Å². The van der Waals surface area contributed by atoms with Crippen LogP contribution in [0.15, 0.2) is 15.9 Å². The molecule has 1 aromatic rings. The predicted molar refractivity (Wildman–Crippen MR) is 93.9 cm³/mol. The summed E-state index contributed by atoms with van der Waals surface area (Å²) >= 11 is 5.13. The maximum Gasteiger partial charge on any atom is 0.225 e. The van der Waals surface area contributed by atoms with Crippen molar-refractivity contribution < 1.29 is 4.79 Å². The van der Waals surface area contributed by atoms with Crippen LogP contribution in [0.25, 0.3) is 0 Å². The summed E-state index contributed by atoms with van der Waals surface area (Å²) in [5.41, 5.74) is 0.403. The van der Waals surface area contributed by atoms with Gasteiger partial charge < -0.3 is 5.32 Å². The molecule has 4 heteroatoms. The normalized spacial score (nSPS) is 37.3. The Morgan fingerprint density at radius 2 is 1.86 bits per heavy atom. The van der Waals surface area contributed by atoms with Crippen molar-refractivity contribution in [1.82, 2.24) is 5.32 Å². The smallest absolute Gasteiger partial charge is 0.225 e. The first-order valence-electron chi connectivity index (χ1n) is 8.56. The number of carbonyl (C=O) groups is 1. The highest BCUT2D eigenvalue weighted by Crippen LogP contribution is 2.61. The Morgan fingerprint density at radius 1 is 1.27 bits per heavy atom. The van der Waals surface area contributed by atoms with Crippen molar-refractivity contribution in [3.05, 3.63) is 20.8 Å². The minimum atomic E-state index is 0.192. The Labute approximate surface area is 145 Å². The first kappa shape index (κ1) is 15.2. The quantitative estimate of drug-likeness (QED) is 0.798. The van der Waals surface area contributed by atoms with Gasteiger partial charge in [-0.3, -0.25) is 4.79 Å². The largest absolute Gasteiger partial charge is 0.353 e. The predicted octanol–water partition coefficient (Wildman–Crippen LogP) is 4.77. The van der Waals surface area contributed by atoms with Crippen LogP contribution in [0.5, 0.6) is 0 Å². The van der Waals surface area contributed by atoms with Gasteiger partial charge in [-0.1, -0.05) is 0 Å². The van der Waals surface area contributed by atoms with E-state index in [-0.39, 0.29) is 5.91 Å². The second kappa shape index (κ2) is 5.62. The van der Waals surface area contributed by atoms with E-state index in [0.717, 1.165) is 26.4 Å². The summed E-state index contributed by atoms with van der Waals surface area (Å²) in [5, 5.41) is 3.35. The molecule has 0 saturated heterocycles. The minimum Gasteiger partial charge on any atom is -0.353 e. The molecule has 4 fully saturated rings. The SMILES string of the molecule is CC(NC(=O)Cc1ccc(Br)s1)C12CC3CC(CC(C3)C1)C2. The van der Waals surface area contributed by atoms with E-state index in [4.69, 9.17) is 0 Å². The lowest BCUT2D eigenvalue weighted by atomic mass is 9.48. The van der Waals surface area contributed by atoms with Crippen LogP contribution in [-0.4, -0.2) is 11.9 Å². The molecule has 1 heterocycles. The number of halogens is 1. The molecule has 4 bridgehead atoms. The second-order valence-corrected chi connectivity index (χ2v) is 10.5. The maximum atomic E-state index is 12.4. The van der Waals surface area contributed by atoms with Gasteiger partial charge in [-0.15, -0.1) is 11.3 Å². The molecule has 1 aromatic heterocycles. The maximum absolute atomic E-state index is 12.4. The van der Waals surface area contributed by atoms with Crippen LogP contribution >= 0.6 is 27.3 Å². The van der Waals surface area contributed by atoms with Crippen LogP contribution in [0.2, 0.25) is 0 Å². The van der Waals surface area contributed by atoms with Gasteiger partial charge in [0.25, 0.3) is 0 Å². The molecule has 0 spiro atoms. The molecular formula is C18H24BrNOS. The highest BCUT2D eigenvalue weighted by molar-refractivity contribution is 9.11. The zero-order valence-electron chi connectivity index (χ0n) is 13.1. The highest BCUT2D eigenvalue weighted by Gasteiger charge is 2.53. The summed E-state index contributed by atoms with van der Waals surface area (Å²) in [4.78, 5) is 13.5. The molecule has 2 nitrogen and oxygen atoms in total. The van der Waals surface area contributed by atoms with Crippen LogP contribution in [0, 0.1) is 23.2 Å². The fourth-order valence-corrected chi connectivity index (χ4v) is 7.24. The molecule has 4 aliphatic rings. The van der Waals surface area contributed by atoms with Gasteiger partial charge in [0.05, 0.1) is 10.2 Å². The Balaban J connectivity index is 1.41. The summed E-state index contributed by atoms with van der Waals surface area (Å²) in [7, 11) is 0. The average Bonchev–Trinajstić information content (AvgIpc) is 2.82. The molecule has 4 aliphatic carbocycles. The van der Waals surface area contributed by atoms with E-state index < -0.39 is 0 Å². The summed E-state index contributed by atoms with van der Waals surface area (Å²) < 4.78 is 1.10. The van der Waals surface area contributed by atoms with Gasteiger partial charge >= 0.3 is 0 Å². The van der Waals surface area contributed by atoms with Gasteiger partial charge in [-0.2, -0.15) is 0 Å². The lowest BCUT2D eigenvalue weighted by molar-refractivity contribution is -0.125. The Hall–Kier alpha value is -0.350. The minimum absolute atomic E-state index is 0.192. The first-order chi connectivity index (χ1) is 10.5. The topological polar surface area (TPSA) is 29.1 Å². The van der Waals surface area contributed by atoms with Gasteiger partial charge in [-0.25, -0.2) is 0 Å². The standard InChI is InChI=1S/C18H24BrNOS/c1-11(20-17(21)7-15-2-3-16(19)22-15)18-8-12-4-13(9-18)6-14(5-12)10-18/h2-3,11-14H,4-10H2,1H3,(H,20,21). The molecule has 120 valence electrons. The number of thiophene rings is 1.